The Labute approximate surface area is 122 Å². The van der Waals surface area contributed by atoms with Crippen LogP contribution in [-0.2, 0) is 0 Å². The topological polar surface area (TPSA) is 33.7 Å². The van der Waals surface area contributed by atoms with Crippen LogP contribution in [0.25, 0.3) is 5.57 Å². The van der Waals surface area contributed by atoms with Crippen LogP contribution in [0.15, 0.2) is 36.4 Å². The highest BCUT2D eigenvalue weighted by molar-refractivity contribution is 7.20. The number of methoxy groups -OCH3 is 2. The lowest BCUT2D eigenvalue weighted by molar-refractivity contribution is 0.317. The van der Waals surface area contributed by atoms with Gasteiger partial charge in [0.15, 0.2) is 11.5 Å². The standard InChI is InChI=1S/C15H21N2O2P/c1-17(6-7-20)15-9-12(10-16-15)11-4-5-13(18-2)14(8-11)19-3/h4-8,10,15-16H,9,20H2,1-3H3/b7-6-. The van der Waals surface area contributed by atoms with Crippen molar-refractivity contribution >= 4 is 14.8 Å². The summed E-state index contributed by atoms with van der Waals surface area (Å²) >= 11 is 0. The van der Waals surface area contributed by atoms with Gasteiger partial charge in [0.25, 0.3) is 0 Å². The van der Waals surface area contributed by atoms with E-state index in [0.29, 0.717) is 0 Å². The Hall–Kier alpha value is -1.67. The van der Waals surface area contributed by atoms with Crippen molar-refractivity contribution in [2.45, 2.75) is 12.6 Å². The predicted octanol–water partition coefficient (Wildman–Crippen LogP) is 2.64. The first-order valence-corrected chi connectivity index (χ1v) is 7.14. The molecule has 108 valence electrons. The van der Waals surface area contributed by atoms with Gasteiger partial charge in [0.05, 0.1) is 14.2 Å². The molecule has 20 heavy (non-hydrogen) atoms. The largest absolute Gasteiger partial charge is 0.493 e. The molecular weight excluding hydrogens is 271 g/mol. The number of ether oxygens (including phenoxy) is 2. The van der Waals surface area contributed by atoms with Gasteiger partial charge in [-0.2, -0.15) is 0 Å². The number of nitrogens with one attached hydrogen (secondary N) is 1. The van der Waals surface area contributed by atoms with E-state index in [1.807, 2.05) is 24.1 Å². The maximum atomic E-state index is 5.35. The fraction of sp³-hybridized carbons (Fsp3) is 0.333. The van der Waals surface area contributed by atoms with Gasteiger partial charge in [-0.1, -0.05) is 11.9 Å². The second-order valence-corrected chi connectivity index (χ2v) is 5.02. The molecule has 4 nitrogen and oxygen atoms in total. The zero-order valence-corrected chi connectivity index (χ0v) is 13.2. The van der Waals surface area contributed by atoms with Crippen LogP contribution in [0, 0.1) is 0 Å². The third-order valence-corrected chi connectivity index (χ3v) is 3.60. The summed E-state index contributed by atoms with van der Waals surface area (Å²) in [4.78, 5) is 2.15. The fourth-order valence-corrected chi connectivity index (χ4v) is 2.53. The third-order valence-electron chi connectivity index (χ3n) is 3.43. The van der Waals surface area contributed by atoms with Crippen molar-refractivity contribution < 1.29 is 9.47 Å². The Kier molecular flexibility index (Phi) is 4.91. The summed E-state index contributed by atoms with van der Waals surface area (Å²) in [5.41, 5.74) is 2.42. The van der Waals surface area contributed by atoms with Gasteiger partial charge in [-0.05, 0) is 23.3 Å². The number of nitrogens with zero attached hydrogens (tertiary/aromatic N) is 1. The van der Waals surface area contributed by atoms with E-state index < -0.39 is 0 Å². The summed E-state index contributed by atoms with van der Waals surface area (Å²) in [5.74, 6) is 3.46. The molecule has 1 heterocycles. The van der Waals surface area contributed by atoms with Crippen LogP contribution in [0.3, 0.4) is 0 Å². The number of hydrogen-bond acceptors (Lipinski definition) is 4. The molecule has 5 heteroatoms. The first-order valence-electron chi connectivity index (χ1n) is 6.47. The molecule has 1 aromatic carbocycles. The molecule has 0 spiro atoms. The smallest absolute Gasteiger partial charge is 0.161 e. The quantitative estimate of drug-likeness (QED) is 0.846. The molecule has 0 fully saturated rings. The van der Waals surface area contributed by atoms with Gasteiger partial charge in [0, 0.05) is 25.9 Å². The van der Waals surface area contributed by atoms with Crippen molar-refractivity contribution in [2.24, 2.45) is 0 Å². The Bertz CT molecular complexity index is 529. The molecule has 2 atom stereocenters. The van der Waals surface area contributed by atoms with Crippen LogP contribution in [0.1, 0.15) is 12.0 Å². The van der Waals surface area contributed by atoms with Crippen molar-refractivity contribution in [3.63, 3.8) is 0 Å². The van der Waals surface area contributed by atoms with Gasteiger partial charge in [-0.25, -0.2) is 0 Å². The van der Waals surface area contributed by atoms with E-state index in [4.69, 9.17) is 9.47 Å². The monoisotopic (exact) mass is 292 g/mol. The first kappa shape index (κ1) is 14.7. The van der Waals surface area contributed by atoms with E-state index in [1.54, 1.807) is 14.2 Å². The summed E-state index contributed by atoms with van der Waals surface area (Å²) < 4.78 is 10.6. The van der Waals surface area contributed by atoms with E-state index in [-0.39, 0.29) is 6.17 Å². The predicted molar refractivity (Wildman–Crippen MR) is 85.7 cm³/mol. The highest BCUT2D eigenvalue weighted by atomic mass is 31.0. The zero-order valence-electron chi connectivity index (χ0n) is 12.1. The molecule has 0 amide bonds. The van der Waals surface area contributed by atoms with Gasteiger partial charge >= 0.3 is 0 Å². The van der Waals surface area contributed by atoms with Crippen molar-refractivity contribution in [1.82, 2.24) is 10.2 Å². The minimum Gasteiger partial charge on any atom is -0.493 e. The molecule has 0 radical (unpaired) electrons. The molecule has 2 unspecified atom stereocenters. The van der Waals surface area contributed by atoms with Gasteiger partial charge in [0.1, 0.15) is 6.17 Å². The molecular formula is C15H21N2O2P. The van der Waals surface area contributed by atoms with E-state index >= 15 is 0 Å². The van der Waals surface area contributed by atoms with Crippen LogP contribution in [0.4, 0.5) is 0 Å². The lowest BCUT2D eigenvalue weighted by atomic mass is 10.0. The molecule has 1 aromatic rings. The van der Waals surface area contributed by atoms with Gasteiger partial charge in [0.2, 0.25) is 0 Å². The van der Waals surface area contributed by atoms with E-state index in [9.17, 15) is 0 Å². The van der Waals surface area contributed by atoms with Crippen molar-refractivity contribution in [3.8, 4) is 11.5 Å². The second kappa shape index (κ2) is 6.67. The fourth-order valence-electron chi connectivity index (χ4n) is 2.26. The Balaban J connectivity index is 2.14. The molecule has 0 aliphatic carbocycles. The Morgan fingerprint density at radius 3 is 2.70 bits per heavy atom. The maximum absolute atomic E-state index is 5.35. The summed E-state index contributed by atoms with van der Waals surface area (Å²) in [6.07, 6.45) is 5.34. The third kappa shape index (κ3) is 3.07. The summed E-state index contributed by atoms with van der Waals surface area (Å²) in [7, 11) is 7.95. The van der Waals surface area contributed by atoms with Gasteiger partial charge in [-0.3, -0.25) is 0 Å². The van der Waals surface area contributed by atoms with E-state index in [2.05, 4.69) is 38.8 Å². The highest BCUT2D eigenvalue weighted by Gasteiger charge is 2.20. The summed E-state index contributed by atoms with van der Waals surface area (Å²) in [6.45, 7) is 0. The van der Waals surface area contributed by atoms with E-state index in [1.165, 1.54) is 5.57 Å². The van der Waals surface area contributed by atoms with Crippen LogP contribution < -0.4 is 14.8 Å². The van der Waals surface area contributed by atoms with Gasteiger partial charge < -0.3 is 19.7 Å². The zero-order chi connectivity index (χ0) is 14.5. The Morgan fingerprint density at radius 2 is 2.05 bits per heavy atom. The first-order chi connectivity index (χ1) is 9.69. The average molecular weight is 292 g/mol. The lowest BCUT2D eigenvalue weighted by Gasteiger charge is -2.23. The molecule has 0 saturated heterocycles. The summed E-state index contributed by atoms with van der Waals surface area (Å²) in [6, 6.07) is 6.01. The minimum atomic E-state index is 0.287. The van der Waals surface area contributed by atoms with Gasteiger partial charge in [-0.15, -0.1) is 9.24 Å². The van der Waals surface area contributed by atoms with Crippen molar-refractivity contribution in [1.29, 1.82) is 0 Å². The number of benzene rings is 1. The lowest BCUT2D eigenvalue weighted by Crippen LogP contribution is -2.34. The number of hydrogen-bond donors (Lipinski definition) is 1. The molecule has 1 N–H and O–H groups in total. The van der Waals surface area contributed by atoms with Crippen LogP contribution in [0.5, 0.6) is 11.5 Å². The normalized spacial score (nSPS) is 17.8. The van der Waals surface area contributed by atoms with Crippen molar-refractivity contribution in [3.05, 3.63) is 42.0 Å². The summed E-state index contributed by atoms with van der Waals surface area (Å²) in [5, 5.41) is 3.39. The maximum Gasteiger partial charge on any atom is 0.161 e. The average Bonchev–Trinajstić information content (AvgIpc) is 2.96. The second-order valence-electron chi connectivity index (χ2n) is 4.63. The van der Waals surface area contributed by atoms with Crippen molar-refractivity contribution in [2.75, 3.05) is 21.3 Å². The highest BCUT2D eigenvalue weighted by Crippen LogP contribution is 2.33. The SMILES string of the molecule is COc1ccc(C2=CNC(N(C)/C=C\P)C2)cc1OC. The molecule has 0 saturated carbocycles. The molecule has 1 aliphatic heterocycles. The molecule has 0 aromatic heterocycles. The Morgan fingerprint density at radius 1 is 1.30 bits per heavy atom. The molecule has 2 rings (SSSR count). The molecule has 0 bridgehead atoms. The van der Waals surface area contributed by atoms with Crippen LogP contribution >= 0.6 is 9.24 Å². The van der Waals surface area contributed by atoms with Crippen LogP contribution in [0.2, 0.25) is 0 Å². The van der Waals surface area contributed by atoms with Crippen LogP contribution in [-0.4, -0.2) is 32.3 Å². The minimum absolute atomic E-state index is 0.287. The molecule has 1 aliphatic rings. The number of rotatable bonds is 5. The van der Waals surface area contributed by atoms with E-state index in [0.717, 1.165) is 23.5 Å².